The van der Waals surface area contributed by atoms with Gasteiger partial charge < -0.3 is 15.0 Å². The Morgan fingerprint density at radius 2 is 2.17 bits per heavy atom. The van der Waals surface area contributed by atoms with Gasteiger partial charge in [-0.25, -0.2) is 0 Å². The van der Waals surface area contributed by atoms with E-state index in [0.29, 0.717) is 13.1 Å². The number of ether oxygens (including phenoxy) is 1. The summed E-state index contributed by atoms with van der Waals surface area (Å²) in [7, 11) is 0. The van der Waals surface area contributed by atoms with Crippen molar-refractivity contribution in [2.45, 2.75) is 44.8 Å². The van der Waals surface area contributed by atoms with Crippen LogP contribution in [0.1, 0.15) is 33.1 Å². The van der Waals surface area contributed by atoms with Crippen LogP contribution in [0.4, 0.5) is 5.69 Å². The number of nitrogens with zero attached hydrogens (tertiary/aromatic N) is 1. The highest BCUT2D eigenvalue weighted by Crippen LogP contribution is 2.32. The first kappa shape index (κ1) is 17.4. The molecule has 2 amide bonds. The van der Waals surface area contributed by atoms with Gasteiger partial charge in [0.2, 0.25) is 11.8 Å². The van der Waals surface area contributed by atoms with Gasteiger partial charge in [0.05, 0.1) is 23.3 Å². The summed E-state index contributed by atoms with van der Waals surface area (Å²) < 4.78 is 6.75. The zero-order valence-electron chi connectivity index (χ0n) is 14.0. The minimum atomic E-state index is -0.306. The monoisotopic (exact) mass is 394 g/mol. The molecule has 0 unspecified atom stereocenters. The van der Waals surface area contributed by atoms with Crippen LogP contribution in [0, 0.1) is 5.92 Å². The third-order valence-electron chi connectivity index (χ3n) is 4.70. The SMILES string of the molecule is CC1(C)CC[C@@H](CNC(=O)[C@@H]2CC(=O)N(c3ccccc3Br)C2)O1. The molecular weight excluding hydrogens is 372 g/mol. The van der Waals surface area contributed by atoms with Crippen molar-refractivity contribution in [3.05, 3.63) is 28.7 Å². The molecule has 2 fully saturated rings. The number of nitrogens with one attached hydrogen (secondary N) is 1. The zero-order chi connectivity index (χ0) is 17.3. The molecule has 0 bridgehead atoms. The second-order valence-corrected chi connectivity index (χ2v) is 7.99. The molecule has 0 saturated carbocycles. The molecule has 5 nitrogen and oxygen atoms in total. The first-order valence-electron chi connectivity index (χ1n) is 8.36. The zero-order valence-corrected chi connectivity index (χ0v) is 15.6. The quantitative estimate of drug-likeness (QED) is 0.853. The molecule has 0 aliphatic carbocycles. The van der Waals surface area contributed by atoms with Gasteiger partial charge in [0.1, 0.15) is 0 Å². The van der Waals surface area contributed by atoms with Gasteiger partial charge in [-0.2, -0.15) is 0 Å². The van der Waals surface area contributed by atoms with E-state index in [1.54, 1.807) is 4.90 Å². The number of para-hydroxylation sites is 1. The predicted molar refractivity (Wildman–Crippen MR) is 95.8 cm³/mol. The molecule has 2 aliphatic rings. The molecule has 2 heterocycles. The molecule has 0 spiro atoms. The number of anilines is 1. The maximum atomic E-state index is 12.4. The number of hydrogen-bond donors (Lipinski definition) is 1. The minimum absolute atomic E-state index is 0.0136. The van der Waals surface area contributed by atoms with Gasteiger partial charge in [-0.15, -0.1) is 0 Å². The molecular formula is C18H23BrN2O3. The molecule has 0 aromatic heterocycles. The molecule has 130 valence electrons. The maximum Gasteiger partial charge on any atom is 0.227 e. The number of benzene rings is 1. The molecule has 2 atom stereocenters. The van der Waals surface area contributed by atoms with E-state index < -0.39 is 0 Å². The number of hydrogen-bond acceptors (Lipinski definition) is 3. The molecule has 3 rings (SSSR count). The fraction of sp³-hybridized carbons (Fsp3) is 0.556. The number of halogens is 1. The van der Waals surface area contributed by atoms with Crippen LogP contribution in [-0.2, 0) is 14.3 Å². The normalized spacial score (nSPS) is 26.0. The van der Waals surface area contributed by atoms with Crippen molar-refractivity contribution in [1.82, 2.24) is 5.32 Å². The second kappa shape index (κ2) is 6.84. The summed E-state index contributed by atoms with van der Waals surface area (Å²) >= 11 is 3.47. The lowest BCUT2D eigenvalue weighted by molar-refractivity contribution is -0.127. The number of amides is 2. The Kier molecular flexibility index (Phi) is 4.97. The summed E-state index contributed by atoms with van der Waals surface area (Å²) in [6.07, 6.45) is 2.29. The van der Waals surface area contributed by atoms with Crippen LogP contribution in [-0.4, -0.2) is 36.6 Å². The van der Waals surface area contributed by atoms with Crippen LogP contribution < -0.4 is 10.2 Å². The third-order valence-corrected chi connectivity index (χ3v) is 5.37. The Hall–Kier alpha value is -1.40. The summed E-state index contributed by atoms with van der Waals surface area (Å²) in [6, 6.07) is 7.58. The predicted octanol–water partition coefficient (Wildman–Crippen LogP) is 2.88. The highest BCUT2D eigenvalue weighted by Gasteiger charge is 2.37. The van der Waals surface area contributed by atoms with E-state index in [2.05, 4.69) is 35.1 Å². The van der Waals surface area contributed by atoms with Gasteiger partial charge in [-0.3, -0.25) is 9.59 Å². The molecule has 2 aliphatic heterocycles. The van der Waals surface area contributed by atoms with Crippen molar-refractivity contribution in [1.29, 1.82) is 0 Å². The Labute approximate surface area is 150 Å². The molecule has 0 radical (unpaired) electrons. The fourth-order valence-electron chi connectivity index (χ4n) is 3.37. The van der Waals surface area contributed by atoms with Crippen molar-refractivity contribution < 1.29 is 14.3 Å². The largest absolute Gasteiger partial charge is 0.371 e. The average molecular weight is 395 g/mol. The lowest BCUT2D eigenvalue weighted by atomic mass is 10.1. The second-order valence-electron chi connectivity index (χ2n) is 7.14. The third kappa shape index (κ3) is 3.81. The van der Waals surface area contributed by atoms with Crippen molar-refractivity contribution in [2.24, 2.45) is 5.92 Å². The van der Waals surface area contributed by atoms with E-state index in [-0.39, 0.29) is 35.9 Å². The molecule has 6 heteroatoms. The Balaban J connectivity index is 1.56. The summed E-state index contributed by atoms with van der Waals surface area (Å²) in [6.45, 7) is 5.08. The van der Waals surface area contributed by atoms with Crippen LogP contribution in [0.2, 0.25) is 0 Å². The fourth-order valence-corrected chi connectivity index (χ4v) is 3.87. The van der Waals surface area contributed by atoms with Gasteiger partial charge in [0.15, 0.2) is 0 Å². The summed E-state index contributed by atoms with van der Waals surface area (Å²) in [5.74, 6) is -0.384. The van der Waals surface area contributed by atoms with Gasteiger partial charge in [-0.1, -0.05) is 12.1 Å². The van der Waals surface area contributed by atoms with E-state index in [0.717, 1.165) is 23.0 Å². The first-order chi connectivity index (χ1) is 11.4. The Morgan fingerprint density at radius 3 is 2.83 bits per heavy atom. The maximum absolute atomic E-state index is 12.4. The highest BCUT2D eigenvalue weighted by molar-refractivity contribution is 9.10. The van der Waals surface area contributed by atoms with Crippen molar-refractivity contribution in [3.8, 4) is 0 Å². The lowest BCUT2D eigenvalue weighted by Crippen LogP contribution is -2.38. The standard InChI is InChI=1S/C18H23BrN2O3/c1-18(2)8-7-13(24-18)10-20-17(23)12-9-16(22)21(11-12)15-6-4-3-5-14(15)19/h3-6,12-13H,7-11H2,1-2H3,(H,20,23)/t12-,13+/m1/s1. The molecule has 1 aromatic carbocycles. The summed E-state index contributed by atoms with van der Waals surface area (Å²) in [4.78, 5) is 26.4. The van der Waals surface area contributed by atoms with Gasteiger partial charge >= 0.3 is 0 Å². The number of carbonyl (C=O) groups is 2. The van der Waals surface area contributed by atoms with Crippen LogP contribution >= 0.6 is 15.9 Å². The van der Waals surface area contributed by atoms with Crippen molar-refractivity contribution in [3.63, 3.8) is 0 Å². The molecule has 2 saturated heterocycles. The summed E-state index contributed by atoms with van der Waals surface area (Å²) in [5.41, 5.74) is 0.716. The van der Waals surface area contributed by atoms with Gasteiger partial charge in [-0.05, 0) is 54.8 Å². The highest BCUT2D eigenvalue weighted by atomic mass is 79.9. The Bertz CT molecular complexity index is 647. The van der Waals surface area contributed by atoms with E-state index >= 15 is 0 Å². The van der Waals surface area contributed by atoms with Gasteiger partial charge in [0, 0.05) is 24.0 Å². The van der Waals surface area contributed by atoms with Crippen molar-refractivity contribution in [2.75, 3.05) is 18.0 Å². The van der Waals surface area contributed by atoms with Crippen LogP contribution in [0.15, 0.2) is 28.7 Å². The number of rotatable bonds is 4. The number of carbonyl (C=O) groups excluding carboxylic acids is 2. The van der Waals surface area contributed by atoms with E-state index in [4.69, 9.17) is 4.74 Å². The Morgan fingerprint density at radius 1 is 1.42 bits per heavy atom. The van der Waals surface area contributed by atoms with Gasteiger partial charge in [0.25, 0.3) is 0 Å². The van der Waals surface area contributed by atoms with Crippen LogP contribution in [0.25, 0.3) is 0 Å². The molecule has 1 N–H and O–H groups in total. The molecule has 24 heavy (non-hydrogen) atoms. The van der Waals surface area contributed by atoms with Crippen molar-refractivity contribution >= 4 is 33.4 Å². The smallest absolute Gasteiger partial charge is 0.227 e. The van der Waals surface area contributed by atoms with E-state index in [9.17, 15) is 9.59 Å². The topological polar surface area (TPSA) is 58.6 Å². The average Bonchev–Trinajstić information content (AvgIpc) is 3.08. The van der Waals surface area contributed by atoms with Crippen LogP contribution in [0.3, 0.4) is 0 Å². The van der Waals surface area contributed by atoms with Crippen LogP contribution in [0.5, 0.6) is 0 Å². The molecule has 1 aromatic rings. The van der Waals surface area contributed by atoms with E-state index in [1.165, 1.54) is 0 Å². The van der Waals surface area contributed by atoms with E-state index in [1.807, 2.05) is 24.3 Å². The first-order valence-corrected chi connectivity index (χ1v) is 9.15. The lowest BCUT2D eigenvalue weighted by Gasteiger charge is -2.20. The minimum Gasteiger partial charge on any atom is -0.371 e. The summed E-state index contributed by atoms with van der Waals surface area (Å²) in [5, 5.41) is 2.96.